The molecule has 76 valence electrons. The predicted octanol–water partition coefficient (Wildman–Crippen LogP) is 1.08. The Morgan fingerprint density at radius 3 is 2.64 bits per heavy atom. The summed E-state index contributed by atoms with van der Waals surface area (Å²) < 4.78 is 11.3. The van der Waals surface area contributed by atoms with Crippen molar-refractivity contribution in [3.8, 4) is 0 Å². The van der Waals surface area contributed by atoms with Crippen molar-refractivity contribution >= 4 is 28.5 Å². The Morgan fingerprint density at radius 2 is 2.00 bits per heavy atom. The summed E-state index contributed by atoms with van der Waals surface area (Å²) in [6.07, 6.45) is 0. The summed E-state index contributed by atoms with van der Waals surface area (Å²) in [7, 11) is 0. The molecule has 0 aliphatic carbocycles. The summed E-state index contributed by atoms with van der Waals surface area (Å²) in [5.41, 5.74) is -0.0119. The molecule has 0 saturated carbocycles. The van der Waals surface area contributed by atoms with E-state index in [-0.39, 0.29) is 5.43 Å². The van der Waals surface area contributed by atoms with Gasteiger partial charge in [0.25, 0.3) is 0 Å². The Bertz CT molecular complexity index is 371. The Morgan fingerprint density at radius 1 is 1.29 bits per heavy atom. The molecule has 4 nitrogen and oxygen atoms in total. The van der Waals surface area contributed by atoms with Crippen LogP contribution in [0.4, 0.5) is 5.88 Å². The minimum atomic E-state index is -0.0119. The number of ether oxygens (including phenoxy) is 1. The molecule has 0 N–H and O–H groups in total. The molecular weight excluding hydrogens is 297 g/mol. The van der Waals surface area contributed by atoms with Crippen molar-refractivity contribution in [2.75, 3.05) is 31.2 Å². The second-order valence-corrected chi connectivity index (χ2v) is 4.10. The van der Waals surface area contributed by atoms with E-state index >= 15 is 0 Å². The zero-order valence-electron chi connectivity index (χ0n) is 7.53. The first-order valence-corrected chi connectivity index (χ1v) is 5.47. The highest BCUT2D eigenvalue weighted by atomic mass is 127. The van der Waals surface area contributed by atoms with E-state index in [1.54, 1.807) is 0 Å². The number of anilines is 1. The van der Waals surface area contributed by atoms with Gasteiger partial charge in [0.05, 0.1) is 13.2 Å². The van der Waals surface area contributed by atoms with Gasteiger partial charge >= 0.3 is 0 Å². The first-order valence-electron chi connectivity index (χ1n) is 4.39. The lowest BCUT2D eigenvalue weighted by atomic mass is 10.4. The molecule has 1 aromatic heterocycles. The molecule has 0 spiro atoms. The van der Waals surface area contributed by atoms with Crippen molar-refractivity contribution in [1.29, 1.82) is 0 Å². The minimum Gasteiger partial charge on any atom is -0.435 e. The van der Waals surface area contributed by atoms with E-state index in [0.717, 1.165) is 13.1 Å². The van der Waals surface area contributed by atoms with Gasteiger partial charge in [-0.3, -0.25) is 4.79 Å². The SMILES string of the molecule is O=c1cc(I)oc(N2CCOCC2)c1. The topological polar surface area (TPSA) is 42.7 Å². The zero-order valence-corrected chi connectivity index (χ0v) is 9.69. The number of hydrogen-bond donors (Lipinski definition) is 0. The van der Waals surface area contributed by atoms with E-state index in [1.165, 1.54) is 12.1 Å². The fourth-order valence-corrected chi connectivity index (χ4v) is 1.91. The van der Waals surface area contributed by atoms with Crippen LogP contribution in [0, 0.1) is 3.77 Å². The van der Waals surface area contributed by atoms with Crippen LogP contribution in [-0.4, -0.2) is 26.3 Å². The van der Waals surface area contributed by atoms with Gasteiger partial charge in [-0.15, -0.1) is 0 Å². The second kappa shape index (κ2) is 4.31. The van der Waals surface area contributed by atoms with Gasteiger partial charge in [-0.05, 0) is 22.6 Å². The van der Waals surface area contributed by atoms with Gasteiger partial charge in [0, 0.05) is 25.2 Å². The van der Waals surface area contributed by atoms with E-state index in [4.69, 9.17) is 9.15 Å². The third-order valence-corrected chi connectivity index (χ3v) is 2.58. The van der Waals surface area contributed by atoms with Crippen molar-refractivity contribution in [2.45, 2.75) is 0 Å². The highest BCUT2D eigenvalue weighted by Gasteiger charge is 2.13. The first kappa shape index (κ1) is 9.97. The second-order valence-electron chi connectivity index (χ2n) is 3.03. The van der Waals surface area contributed by atoms with Crippen LogP contribution in [0.25, 0.3) is 0 Å². The molecule has 1 aliphatic rings. The summed E-state index contributed by atoms with van der Waals surface area (Å²) >= 11 is 2.00. The van der Waals surface area contributed by atoms with E-state index in [0.29, 0.717) is 22.9 Å². The van der Waals surface area contributed by atoms with Crippen LogP contribution in [-0.2, 0) is 4.74 Å². The average molecular weight is 307 g/mol. The van der Waals surface area contributed by atoms with Crippen molar-refractivity contribution in [3.05, 3.63) is 26.1 Å². The summed E-state index contributed by atoms with van der Waals surface area (Å²) in [6, 6.07) is 3.00. The van der Waals surface area contributed by atoms with Gasteiger partial charge in [-0.1, -0.05) is 0 Å². The van der Waals surface area contributed by atoms with Crippen LogP contribution < -0.4 is 10.3 Å². The van der Waals surface area contributed by atoms with Crippen LogP contribution >= 0.6 is 22.6 Å². The zero-order chi connectivity index (χ0) is 9.97. The highest BCUT2D eigenvalue weighted by Crippen LogP contribution is 2.16. The van der Waals surface area contributed by atoms with Crippen molar-refractivity contribution in [3.63, 3.8) is 0 Å². The van der Waals surface area contributed by atoms with Gasteiger partial charge in [-0.25, -0.2) is 0 Å². The molecule has 2 heterocycles. The molecule has 0 atom stereocenters. The molecule has 1 aliphatic heterocycles. The third-order valence-electron chi connectivity index (χ3n) is 2.05. The van der Waals surface area contributed by atoms with E-state index < -0.39 is 0 Å². The quantitative estimate of drug-likeness (QED) is 0.728. The van der Waals surface area contributed by atoms with Crippen molar-refractivity contribution in [1.82, 2.24) is 0 Å². The molecule has 5 heteroatoms. The van der Waals surface area contributed by atoms with Gasteiger partial charge in [0.2, 0.25) is 5.88 Å². The molecule has 0 bridgehead atoms. The highest BCUT2D eigenvalue weighted by molar-refractivity contribution is 14.1. The lowest BCUT2D eigenvalue weighted by molar-refractivity contribution is 0.120. The lowest BCUT2D eigenvalue weighted by Gasteiger charge is -2.26. The maximum Gasteiger partial charge on any atom is 0.200 e. The van der Waals surface area contributed by atoms with Crippen molar-refractivity contribution in [2.24, 2.45) is 0 Å². The lowest BCUT2D eigenvalue weighted by Crippen LogP contribution is -2.36. The Labute approximate surface area is 95.0 Å². The summed E-state index contributed by atoms with van der Waals surface area (Å²) in [6.45, 7) is 2.94. The summed E-state index contributed by atoms with van der Waals surface area (Å²) in [4.78, 5) is 13.3. The average Bonchev–Trinajstić information content (AvgIpc) is 2.18. The van der Waals surface area contributed by atoms with Crippen LogP contribution in [0.15, 0.2) is 21.3 Å². The molecule has 1 aromatic rings. The molecule has 0 amide bonds. The molecular formula is C9H10INO3. The number of morpholine rings is 1. The monoisotopic (exact) mass is 307 g/mol. The molecule has 14 heavy (non-hydrogen) atoms. The predicted molar refractivity (Wildman–Crippen MR) is 60.7 cm³/mol. The fraction of sp³-hybridized carbons (Fsp3) is 0.444. The van der Waals surface area contributed by atoms with Crippen LogP contribution in [0.5, 0.6) is 0 Å². The Kier molecular flexibility index (Phi) is 3.07. The fourth-order valence-electron chi connectivity index (χ4n) is 1.37. The minimum absolute atomic E-state index is 0.0119. The standard InChI is InChI=1S/C9H10INO3/c10-8-5-7(12)6-9(14-8)11-1-3-13-4-2-11/h5-6H,1-4H2. The van der Waals surface area contributed by atoms with E-state index in [9.17, 15) is 4.79 Å². The normalized spacial score (nSPS) is 17.1. The van der Waals surface area contributed by atoms with E-state index in [2.05, 4.69) is 0 Å². The molecule has 0 aromatic carbocycles. The maximum atomic E-state index is 11.2. The van der Waals surface area contributed by atoms with Crippen molar-refractivity contribution < 1.29 is 9.15 Å². The van der Waals surface area contributed by atoms with E-state index in [1.807, 2.05) is 27.5 Å². The number of rotatable bonds is 1. The van der Waals surface area contributed by atoms with Gasteiger partial charge in [-0.2, -0.15) is 0 Å². The molecule has 2 rings (SSSR count). The third kappa shape index (κ3) is 2.27. The van der Waals surface area contributed by atoms with Crippen LogP contribution in [0.1, 0.15) is 0 Å². The first-order chi connectivity index (χ1) is 6.75. The van der Waals surface area contributed by atoms with Gasteiger partial charge in [0.15, 0.2) is 9.20 Å². The maximum absolute atomic E-state index is 11.2. The molecule has 1 saturated heterocycles. The molecule has 0 radical (unpaired) electrons. The largest absolute Gasteiger partial charge is 0.435 e. The van der Waals surface area contributed by atoms with Crippen LogP contribution in [0.2, 0.25) is 0 Å². The smallest absolute Gasteiger partial charge is 0.200 e. The summed E-state index contributed by atoms with van der Waals surface area (Å²) in [5.74, 6) is 0.644. The number of halogens is 1. The van der Waals surface area contributed by atoms with Gasteiger partial charge in [0.1, 0.15) is 0 Å². The molecule has 1 fully saturated rings. The Balaban J connectivity index is 2.26. The number of nitrogens with zero attached hydrogens (tertiary/aromatic N) is 1. The molecule has 0 unspecified atom stereocenters. The number of hydrogen-bond acceptors (Lipinski definition) is 4. The van der Waals surface area contributed by atoms with Gasteiger partial charge < -0.3 is 14.1 Å². The Hall–Kier alpha value is -0.560. The van der Waals surface area contributed by atoms with Crippen LogP contribution in [0.3, 0.4) is 0 Å². The summed E-state index contributed by atoms with van der Waals surface area (Å²) in [5, 5.41) is 0.